The number of nitrogens with two attached hydrogens (primary N) is 1. The van der Waals surface area contributed by atoms with Crippen molar-refractivity contribution in [2.75, 3.05) is 0 Å². The zero-order valence-corrected chi connectivity index (χ0v) is 10.1. The van der Waals surface area contributed by atoms with E-state index in [9.17, 15) is 4.39 Å². The van der Waals surface area contributed by atoms with Gasteiger partial charge < -0.3 is 10.5 Å². The second-order valence-electron chi connectivity index (χ2n) is 3.86. The van der Waals surface area contributed by atoms with E-state index >= 15 is 0 Å². The Kier molecular flexibility index (Phi) is 3.88. The van der Waals surface area contributed by atoms with E-state index in [0.29, 0.717) is 17.2 Å². The maximum atomic E-state index is 13.0. The van der Waals surface area contributed by atoms with Gasteiger partial charge >= 0.3 is 0 Å². The molecular weight excluding hydrogens is 235 g/mol. The van der Waals surface area contributed by atoms with E-state index in [0.717, 1.165) is 19.2 Å². The fourth-order valence-corrected chi connectivity index (χ4v) is 1.57. The van der Waals surface area contributed by atoms with E-state index in [1.165, 1.54) is 6.07 Å². The number of halogens is 1. The number of pyridine rings is 1. The molecule has 2 rings (SSSR count). The maximum Gasteiger partial charge on any atom is 0.224 e. The predicted octanol–water partition coefficient (Wildman–Crippen LogP) is 2.08. The van der Waals surface area contributed by atoms with Gasteiger partial charge in [0.25, 0.3) is 0 Å². The first-order valence-electron chi connectivity index (χ1n) is 5.77. The molecule has 0 bridgehead atoms. The van der Waals surface area contributed by atoms with Crippen LogP contribution in [0.2, 0.25) is 0 Å². The zero-order chi connectivity index (χ0) is 13.0. The van der Waals surface area contributed by atoms with Gasteiger partial charge in [0.15, 0.2) is 5.75 Å². The van der Waals surface area contributed by atoms with Gasteiger partial charge in [-0.2, -0.15) is 5.10 Å². The summed E-state index contributed by atoms with van der Waals surface area (Å²) in [5.41, 5.74) is 6.04. The molecular formula is C12H15FN4O. The van der Waals surface area contributed by atoms with Gasteiger partial charge in [-0.15, -0.1) is 0 Å². The third-order valence-electron chi connectivity index (χ3n) is 2.39. The standard InChI is InChI=1S/C12H15FN4O/c1-2-3-17-8-11(7-16-17)18-12-9(5-14)4-10(13)6-15-12/h4,6-8H,2-3,5,14H2,1H3. The van der Waals surface area contributed by atoms with Crippen molar-refractivity contribution in [3.63, 3.8) is 0 Å². The Balaban J connectivity index is 2.17. The number of aromatic nitrogens is 3. The van der Waals surface area contributed by atoms with E-state index in [1.807, 2.05) is 0 Å². The molecule has 0 saturated carbocycles. The van der Waals surface area contributed by atoms with Gasteiger partial charge in [-0.3, -0.25) is 4.68 Å². The molecule has 18 heavy (non-hydrogen) atoms. The third kappa shape index (κ3) is 2.84. The number of nitrogens with zero attached hydrogens (tertiary/aromatic N) is 3. The summed E-state index contributed by atoms with van der Waals surface area (Å²) in [6, 6.07) is 1.32. The molecule has 0 atom stereocenters. The first kappa shape index (κ1) is 12.5. The molecule has 0 aromatic carbocycles. The highest BCUT2D eigenvalue weighted by Crippen LogP contribution is 2.22. The van der Waals surface area contributed by atoms with Crippen molar-refractivity contribution in [1.82, 2.24) is 14.8 Å². The van der Waals surface area contributed by atoms with Gasteiger partial charge in [-0.05, 0) is 12.5 Å². The van der Waals surface area contributed by atoms with Gasteiger partial charge in [0, 0.05) is 18.7 Å². The molecule has 2 aromatic heterocycles. The van der Waals surface area contributed by atoms with E-state index in [4.69, 9.17) is 10.5 Å². The minimum absolute atomic E-state index is 0.170. The predicted molar refractivity (Wildman–Crippen MR) is 64.7 cm³/mol. The lowest BCUT2D eigenvalue weighted by atomic mass is 10.2. The summed E-state index contributed by atoms with van der Waals surface area (Å²) in [5, 5.41) is 4.13. The summed E-state index contributed by atoms with van der Waals surface area (Å²) in [7, 11) is 0. The fourth-order valence-electron chi connectivity index (χ4n) is 1.57. The molecule has 0 aliphatic heterocycles. The largest absolute Gasteiger partial charge is 0.435 e. The minimum atomic E-state index is -0.426. The van der Waals surface area contributed by atoms with Crippen molar-refractivity contribution in [2.24, 2.45) is 5.73 Å². The van der Waals surface area contributed by atoms with Crippen LogP contribution in [-0.2, 0) is 13.1 Å². The summed E-state index contributed by atoms with van der Waals surface area (Å²) >= 11 is 0. The Hall–Kier alpha value is -1.95. The Labute approximate surface area is 104 Å². The lowest BCUT2D eigenvalue weighted by Crippen LogP contribution is -2.02. The zero-order valence-electron chi connectivity index (χ0n) is 10.1. The molecule has 0 radical (unpaired) electrons. The smallest absolute Gasteiger partial charge is 0.224 e. The van der Waals surface area contributed by atoms with Crippen LogP contribution >= 0.6 is 0 Å². The number of hydrogen-bond donors (Lipinski definition) is 1. The molecule has 0 aliphatic carbocycles. The molecule has 5 nitrogen and oxygen atoms in total. The summed E-state index contributed by atoms with van der Waals surface area (Å²) in [6.45, 7) is 3.06. The normalized spacial score (nSPS) is 10.6. The second kappa shape index (κ2) is 5.59. The summed E-state index contributed by atoms with van der Waals surface area (Å²) < 4.78 is 20.3. The van der Waals surface area contributed by atoms with E-state index in [1.54, 1.807) is 17.1 Å². The van der Waals surface area contributed by atoms with E-state index in [-0.39, 0.29) is 6.54 Å². The Bertz CT molecular complexity index is 527. The first-order valence-corrected chi connectivity index (χ1v) is 5.77. The minimum Gasteiger partial charge on any atom is -0.435 e. The van der Waals surface area contributed by atoms with Crippen molar-refractivity contribution in [2.45, 2.75) is 26.4 Å². The molecule has 2 heterocycles. The number of aryl methyl sites for hydroxylation is 1. The molecule has 0 unspecified atom stereocenters. The van der Waals surface area contributed by atoms with Crippen molar-refractivity contribution in [1.29, 1.82) is 0 Å². The van der Waals surface area contributed by atoms with Gasteiger partial charge in [-0.25, -0.2) is 9.37 Å². The highest BCUT2D eigenvalue weighted by Gasteiger charge is 2.08. The lowest BCUT2D eigenvalue weighted by molar-refractivity contribution is 0.450. The molecule has 0 fully saturated rings. The van der Waals surface area contributed by atoms with E-state index < -0.39 is 5.82 Å². The van der Waals surface area contributed by atoms with Crippen LogP contribution < -0.4 is 10.5 Å². The highest BCUT2D eigenvalue weighted by atomic mass is 19.1. The SMILES string of the molecule is CCCn1cc(Oc2ncc(F)cc2CN)cn1. The quantitative estimate of drug-likeness (QED) is 0.882. The van der Waals surface area contributed by atoms with Crippen LogP contribution in [0.15, 0.2) is 24.7 Å². The molecule has 2 aromatic rings. The van der Waals surface area contributed by atoms with Crippen LogP contribution in [0.4, 0.5) is 4.39 Å². The molecule has 6 heteroatoms. The van der Waals surface area contributed by atoms with Gasteiger partial charge in [-0.1, -0.05) is 6.92 Å². The number of rotatable bonds is 5. The first-order chi connectivity index (χ1) is 8.72. The van der Waals surface area contributed by atoms with Crippen molar-refractivity contribution in [3.8, 4) is 11.6 Å². The maximum absolute atomic E-state index is 13.0. The van der Waals surface area contributed by atoms with E-state index in [2.05, 4.69) is 17.0 Å². The second-order valence-corrected chi connectivity index (χ2v) is 3.86. The van der Waals surface area contributed by atoms with Crippen molar-refractivity contribution >= 4 is 0 Å². The van der Waals surface area contributed by atoms with Crippen molar-refractivity contribution in [3.05, 3.63) is 36.0 Å². The van der Waals surface area contributed by atoms with Crippen LogP contribution in [-0.4, -0.2) is 14.8 Å². The van der Waals surface area contributed by atoms with Crippen LogP contribution in [0.3, 0.4) is 0 Å². The average Bonchev–Trinajstić information content (AvgIpc) is 2.79. The van der Waals surface area contributed by atoms with Crippen LogP contribution in [0.5, 0.6) is 11.6 Å². The Morgan fingerprint density at radius 2 is 2.28 bits per heavy atom. The third-order valence-corrected chi connectivity index (χ3v) is 2.39. The van der Waals surface area contributed by atoms with Crippen molar-refractivity contribution < 1.29 is 9.13 Å². The van der Waals surface area contributed by atoms with Gasteiger partial charge in [0.1, 0.15) is 5.82 Å². The molecule has 96 valence electrons. The van der Waals surface area contributed by atoms with Gasteiger partial charge in [0.2, 0.25) is 5.88 Å². The summed E-state index contributed by atoms with van der Waals surface area (Å²) in [4.78, 5) is 3.89. The van der Waals surface area contributed by atoms with Crippen LogP contribution in [0.25, 0.3) is 0 Å². The molecule has 0 aliphatic rings. The monoisotopic (exact) mass is 250 g/mol. The lowest BCUT2D eigenvalue weighted by Gasteiger charge is -2.06. The molecule has 2 N–H and O–H groups in total. The highest BCUT2D eigenvalue weighted by molar-refractivity contribution is 5.30. The summed E-state index contributed by atoms with van der Waals surface area (Å²) in [6.07, 6.45) is 5.46. The molecule has 0 amide bonds. The topological polar surface area (TPSA) is 66.0 Å². The van der Waals surface area contributed by atoms with Gasteiger partial charge in [0.05, 0.1) is 18.6 Å². The van der Waals surface area contributed by atoms with Crippen LogP contribution in [0.1, 0.15) is 18.9 Å². The Morgan fingerprint density at radius 3 is 3.00 bits per heavy atom. The number of ether oxygens (including phenoxy) is 1. The fraction of sp³-hybridized carbons (Fsp3) is 0.333. The average molecular weight is 250 g/mol. The van der Waals surface area contributed by atoms with Crippen LogP contribution in [0, 0.1) is 5.82 Å². The molecule has 0 saturated heterocycles. The molecule has 0 spiro atoms. The summed E-state index contributed by atoms with van der Waals surface area (Å²) in [5.74, 6) is 0.455. The number of hydrogen-bond acceptors (Lipinski definition) is 4. The Morgan fingerprint density at radius 1 is 1.44 bits per heavy atom.